The summed E-state index contributed by atoms with van der Waals surface area (Å²) >= 11 is 6.17. The van der Waals surface area contributed by atoms with Gasteiger partial charge < -0.3 is 14.8 Å². The van der Waals surface area contributed by atoms with E-state index in [2.05, 4.69) is 5.32 Å². The molecule has 3 rings (SSSR count). The van der Waals surface area contributed by atoms with E-state index in [4.69, 9.17) is 26.5 Å². The third-order valence-electron chi connectivity index (χ3n) is 4.25. The van der Waals surface area contributed by atoms with Crippen LogP contribution in [0.2, 0.25) is 5.02 Å². The fraction of sp³-hybridized carbons (Fsp3) is 0.231. The zero-order chi connectivity index (χ0) is 23.5. The van der Waals surface area contributed by atoms with E-state index < -0.39 is 6.09 Å². The third-order valence-corrected chi connectivity index (χ3v) is 4.54. The van der Waals surface area contributed by atoms with Crippen LogP contribution in [0.4, 0.5) is 4.79 Å². The lowest BCUT2D eigenvalue weighted by Gasteiger charge is -2.13. The lowest BCUT2D eigenvalue weighted by atomic mass is 10.0. The Balaban J connectivity index is 0.00000176. The standard InChI is InChI=1S/C24H23ClN2O3.C2H6/c1-16(2)29-22-13-12-20(14-21(22)25)23(26)30-24(28)27-15-17-8-10-19(11-9-17)18-6-4-3-5-7-18;1-2/h3-14,16,26H,15H2,1-2H3,(H,27,28);1-2H3. The molecule has 2 N–H and O–H groups in total. The number of rotatable bonds is 6. The minimum absolute atomic E-state index is 0.0170. The van der Waals surface area contributed by atoms with Gasteiger partial charge in [0, 0.05) is 12.1 Å². The first-order chi connectivity index (χ1) is 15.4. The van der Waals surface area contributed by atoms with Gasteiger partial charge in [-0.1, -0.05) is 80.0 Å². The van der Waals surface area contributed by atoms with Crippen molar-refractivity contribution in [2.45, 2.75) is 40.3 Å². The first-order valence-corrected chi connectivity index (χ1v) is 11.0. The number of nitrogens with one attached hydrogen (secondary N) is 2. The van der Waals surface area contributed by atoms with E-state index in [0.717, 1.165) is 16.7 Å². The molecule has 0 bridgehead atoms. The SMILES string of the molecule is CC.CC(C)Oc1ccc(C(=N)OC(=O)NCc2ccc(-c3ccccc3)cc2)cc1Cl. The average molecular weight is 453 g/mol. The molecule has 0 atom stereocenters. The molecule has 1 amide bonds. The van der Waals surface area contributed by atoms with Crippen LogP contribution in [0.5, 0.6) is 5.75 Å². The predicted molar refractivity (Wildman–Crippen MR) is 131 cm³/mol. The van der Waals surface area contributed by atoms with Crippen LogP contribution < -0.4 is 10.1 Å². The zero-order valence-corrected chi connectivity index (χ0v) is 19.6. The third kappa shape index (κ3) is 7.43. The Morgan fingerprint density at radius 2 is 1.59 bits per heavy atom. The second-order valence-electron chi connectivity index (χ2n) is 6.95. The molecule has 0 aliphatic carbocycles. The summed E-state index contributed by atoms with van der Waals surface area (Å²) in [4.78, 5) is 12.1. The summed E-state index contributed by atoms with van der Waals surface area (Å²) in [5, 5.41) is 11.0. The molecule has 6 heteroatoms. The molecular formula is C26H29ClN2O3. The molecule has 0 unspecified atom stereocenters. The van der Waals surface area contributed by atoms with Crippen LogP contribution in [0.25, 0.3) is 11.1 Å². The summed E-state index contributed by atoms with van der Waals surface area (Å²) in [7, 11) is 0. The van der Waals surface area contributed by atoms with Crippen LogP contribution in [0.1, 0.15) is 38.8 Å². The van der Waals surface area contributed by atoms with E-state index in [0.29, 0.717) is 22.9 Å². The van der Waals surface area contributed by atoms with Gasteiger partial charge >= 0.3 is 6.09 Å². The monoisotopic (exact) mass is 452 g/mol. The van der Waals surface area contributed by atoms with Crippen molar-refractivity contribution >= 4 is 23.6 Å². The highest BCUT2D eigenvalue weighted by Crippen LogP contribution is 2.26. The highest BCUT2D eigenvalue weighted by atomic mass is 35.5. The van der Waals surface area contributed by atoms with Crippen molar-refractivity contribution in [2.75, 3.05) is 0 Å². The number of halogens is 1. The minimum Gasteiger partial charge on any atom is -0.489 e. The van der Waals surface area contributed by atoms with E-state index in [-0.39, 0.29) is 12.0 Å². The molecule has 0 radical (unpaired) electrons. The van der Waals surface area contributed by atoms with Crippen molar-refractivity contribution in [3.8, 4) is 16.9 Å². The quantitative estimate of drug-likeness (QED) is 0.310. The summed E-state index contributed by atoms with van der Waals surface area (Å²) in [6, 6.07) is 22.8. The molecule has 0 aliphatic rings. The van der Waals surface area contributed by atoms with E-state index in [1.54, 1.807) is 12.1 Å². The van der Waals surface area contributed by atoms with Crippen LogP contribution in [-0.4, -0.2) is 18.1 Å². The van der Waals surface area contributed by atoms with Crippen LogP contribution in [0.3, 0.4) is 0 Å². The van der Waals surface area contributed by atoms with Gasteiger partial charge in [-0.25, -0.2) is 4.79 Å². The summed E-state index contributed by atoms with van der Waals surface area (Å²) in [6.45, 7) is 8.09. The van der Waals surface area contributed by atoms with Crippen molar-refractivity contribution in [3.63, 3.8) is 0 Å². The molecule has 0 aliphatic heterocycles. The summed E-state index contributed by atoms with van der Waals surface area (Å²) in [5.74, 6) is 0.233. The Labute approximate surface area is 194 Å². The lowest BCUT2D eigenvalue weighted by Crippen LogP contribution is -2.26. The largest absolute Gasteiger partial charge is 0.489 e. The Morgan fingerprint density at radius 1 is 0.969 bits per heavy atom. The molecule has 0 fully saturated rings. The summed E-state index contributed by atoms with van der Waals surface area (Å²) in [5.41, 5.74) is 3.55. The van der Waals surface area contributed by atoms with Gasteiger partial charge in [-0.05, 0) is 48.7 Å². The molecule has 32 heavy (non-hydrogen) atoms. The maximum Gasteiger partial charge on any atom is 0.414 e. The molecule has 0 saturated carbocycles. The molecule has 0 heterocycles. The van der Waals surface area contributed by atoms with Crippen LogP contribution >= 0.6 is 11.6 Å². The average Bonchev–Trinajstić information content (AvgIpc) is 2.81. The highest BCUT2D eigenvalue weighted by Gasteiger charge is 2.12. The second kappa shape index (κ2) is 12.5. The maximum absolute atomic E-state index is 12.1. The number of amides is 1. The minimum atomic E-state index is -0.703. The molecule has 5 nitrogen and oxygen atoms in total. The van der Waals surface area contributed by atoms with E-state index in [1.165, 1.54) is 6.07 Å². The fourth-order valence-corrected chi connectivity index (χ4v) is 3.02. The number of benzene rings is 3. The van der Waals surface area contributed by atoms with E-state index in [1.807, 2.05) is 82.3 Å². The second-order valence-corrected chi connectivity index (χ2v) is 7.35. The van der Waals surface area contributed by atoms with Crippen molar-refractivity contribution in [1.29, 1.82) is 5.41 Å². The number of carbonyl (C=O) groups is 1. The van der Waals surface area contributed by atoms with Gasteiger partial charge in [0.05, 0.1) is 11.1 Å². The number of hydrogen-bond donors (Lipinski definition) is 2. The molecule has 3 aromatic carbocycles. The first-order valence-electron chi connectivity index (χ1n) is 10.6. The van der Waals surface area contributed by atoms with Gasteiger partial charge in [0.25, 0.3) is 0 Å². The number of hydrogen-bond acceptors (Lipinski definition) is 4. The number of carbonyl (C=O) groups excluding carboxylic acids is 1. The molecule has 0 aromatic heterocycles. The Hall–Kier alpha value is -3.31. The topological polar surface area (TPSA) is 71.4 Å². The fourth-order valence-electron chi connectivity index (χ4n) is 2.80. The van der Waals surface area contributed by atoms with Gasteiger partial charge in [0.15, 0.2) is 0 Å². The Bertz CT molecular complexity index is 1020. The molecular weight excluding hydrogens is 424 g/mol. The number of ether oxygens (including phenoxy) is 2. The first kappa shape index (κ1) is 25.0. The van der Waals surface area contributed by atoms with Crippen molar-refractivity contribution < 1.29 is 14.3 Å². The lowest BCUT2D eigenvalue weighted by molar-refractivity contribution is 0.196. The zero-order valence-electron chi connectivity index (χ0n) is 18.8. The van der Waals surface area contributed by atoms with E-state index >= 15 is 0 Å². The van der Waals surface area contributed by atoms with E-state index in [9.17, 15) is 4.79 Å². The van der Waals surface area contributed by atoms with Crippen LogP contribution in [-0.2, 0) is 11.3 Å². The molecule has 168 valence electrons. The predicted octanol–water partition coefficient (Wildman–Crippen LogP) is 7.07. The Kier molecular flexibility index (Phi) is 9.76. The molecule has 0 spiro atoms. The highest BCUT2D eigenvalue weighted by molar-refractivity contribution is 6.32. The van der Waals surface area contributed by atoms with Gasteiger partial charge in [-0.2, -0.15) is 0 Å². The van der Waals surface area contributed by atoms with Gasteiger partial charge in [-0.15, -0.1) is 0 Å². The summed E-state index contributed by atoms with van der Waals surface area (Å²) < 4.78 is 10.6. The number of alkyl carbamates (subject to hydrolysis) is 1. The normalized spacial score (nSPS) is 10.1. The van der Waals surface area contributed by atoms with Gasteiger partial charge in [0.2, 0.25) is 5.90 Å². The summed E-state index contributed by atoms with van der Waals surface area (Å²) in [6.07, 6.45) is -0.720. The van der Waals surface area contributed by atoms with Crippen LogP contribution in [0.15, 0.2) is 72.8 Å². The van der Waals surface area contributed by atoms with Crippen molar-refractivity contribution in [2.24, 2.45) is 0 Å². The van der Waals surface area contributed by atoms with Crippen molar-refractivity contribution in [3.05, 3.63) is 88.9 Å². The maximum atomic E-state index is 12.1. The van der Waals surface area contributed by atoms with Gasteiger partial charge in [-0.3, -0.25) is 5.41 Å². The molecule has 3 aromatic rings. The molecule has 0 saturated heterocycles. The smallest absolute Gasteiger partial charge is 0.414 e. The van der Waals surface area contributed by atoms with Gasteiger partial charge in [0.1, 0.15) is 5.75 Å². The van der Waals surface area contributed by atoms with Crippen LogP contribution in [0, 0.1) is 5.41 Å². The van der Waals surface area contributed by atoms with Crippen molar-refractivity contribution in [1.82, 2.24) is 5.32 Å². The Morgan fingerprint density at radius 3 is 2.19 bits per heavy atom.